The topological polar surface area (TPSA) is 106 Å². The number of para-hydroxylation sites is 3. The van der Waals surface area contributed by atoms with Crippen molar-refractivity contribution in [2.45, 2.75) is 26.7 Å². The van der Waals surface area contributed by atoms with Gasteiger partial charge >= 0.3 is 5.97 Å². The van der Waals surface area contributed by atoms with Crippen LogP contribution in [0.5, 0.6) is 5.75 Å². The number of H-pyrrole nitrogens is 1. The Morgan fingerprint density at radius 1 is 0.950 bits per heavy atom. The van der Waals surface area contributed by atoms with E-state index in [9.17, 15) is 9.90 Å². The molecule has 0 fully saturated rings. The summed E-state index contributed by atoms with van der Waals surface area (Å²) >= 11 is 0. The quantitative estimate of drug-likeness (QED) is 0.144. The molecule has 0 aliphatic carbocycles. The highest BCUT2D eigenvalue weighted by atomic mass is 16.5. The summed E-state index contributed by atoms with van der Waals surface area (Å²) in [6, 6.07) is 27.7. The molecule has 0 saturated carbocycles. The van der Waals surface area contributed by atoms with E-state index in [1.54, 1.807) is 0 Å². The molecule has 2 heterocycles. The minimum absolute atomic E-state index is 0.211. The van der Waals surface area contributed by atoms with Crippen molar-refractivity contribution < 1.29 is 14.6 Å². The number of carboxylic acid groups (broad SMARTS) is 1. The van der Waals surface area contributed by atoms with Crippen LogP contribution < -0.4 is 10.5 Å². The number of hydrogen-bond acceptors (Lipinski definition) is 4. The average Bonchev–Trinajstić information content (AvgIpc) is 3.48. The Morgan fingerprint density at radius 2 is 1.68 bits per heavy atom. The summed E-state index contributed by atoms with van der Waals surface area (Å²) in [5, 5.41) is 18.0. The lowest BCUT2D eigenvalue weighted by molar-refractivity contribution is 0.0690. The van der Waals surface area contributed by atoms with Gasteiger partial charge in [0.05, 0.1) is 29.2 Å². The number of aromatic amines is 1. The van der Waals surface area contributed by atoms with Crippen LogP contribution in [0.2, 0.25) is 0 Å². The second kappa shape index (κ2) is 10.3. The number of nitrogen functional groups attached to an aromatic ring is 1. The molecule has 4 N–H and O–H groups in total. The fourth-order valence-corrected chi connectivity index (χ4v) is 5.62. The highest BCUT2D eigenvalue weighted by Gasteiger charge is 2.22. The lowest BCUT2D eigenvalue weighted by atomic mass is 9.98. The largest absolute Gasteiger partial charge is 0.493 e. The van der Waals surface area contributed by atoms with Crippen molar-refractivity contribution in [3.63, 3.8) is 0 Å². The molecule has 0 amide bonds. The number of ether oxygens (including phenoxy) is 1. The summed E-state index contributed by atoms with van der Waals surface area (Å²) in [6.07, 6.45) is 1.23. The molecule has 0 spiro atoms. The molecule has 0 unspecified atom stereocenters. The van der Waals surface area contributed by atoms with Crippen LogP contribution in [0, 0.1) is 13.8 Å². The van der Waals surface area contributed by atoms with Crippen molar-refractivity contribution in [2.75, 3.05) is 12.3 Å². The first-order chi connectivity index (χ1) is 19.4. The van der Waals surface area contributed by atoms with Crippen molar-refractivity contribution in [1.82, 2.24) is 14.8 Å². The Balaban J connectivity index is 1.33. The predicted molar refractivity (Wildman–Crippen MR) is 159 cm³/mol. The van der Waals surface area contributed by atoms with Crippen molar-refractivity contribution in [3.05, 3.63) is 108 Å². The first-order valence-corrected chi connectivity index (χ1v) is 13.3. The van der Waals surface area contributed by atoms with Gasteiger partial charge in [-0.2, -0.15) is 5.10 Å². The number of anilines is 1. The number of aryl methyl sites for hydroxylation is 2. The maximum Gasteiger partial charge on any atom is 0.352 e. The molecular weight excluding hydrogens is 500 g/mol. The number of nitrogens with two attached hydrogens (primary N) is 1. The Hall–Kier alpha value is -5.04. The maximum atomic E-state index is 12.3. The fourth-order valence-electron chi connectivity index (χ4n) is 5.62. The molecule has 2 aromatic heterocycles. The second-order valence-corrected chi connectivity index (χ2v) is 9.96. The van der Waals surface area contributed by atoms with Crippen LogP contribution >= 0.6 is 0 Å². The van der Waals surface area contributed by atoms with Crippen molar-refractivity contribution >= 4 is 33.3 Å². The zero-order chi connectivity index (χ0) is 27.8. The summed E-state index contributed by atoms with van der Waals surface area (Å²) in [5.41, 5.74) is 13.1. The number of hydrogen-bond donors (Lipinski definition) is 3. The molecule has 6 aromatic rings. The monoisotopic (exact) mass is 530 g/mol. The highest BCUT2D eigenvalue weighted by Crippen LogP contribution is 2.37. The zero-order valence-electron chi connectivity index (χ0n) is 22.4. The number of carbonyl (C=O) groups is 1. The number of rotatable bonds is 8. The molecule has 6 rings (SSSR count). The molecule has 200 valence electrons. The molecule has 7 heteroatoms. The van der Waals surface area contributed by atoms with Crippen molar-refractivity contribution in [2.24, 2.45) is 0 Å². The Bertz CT molecular complexity index is 1880. The molecular formula is C33H30N4O3. The van der Waals surface area contributed by atoms with E-state index in [0.717, 1.165) is 61.2 Å². The third kappa shape index (κ3) is 4.35. The van der Waals surface area contributed by atoms with Gasteiger partial charge in [-0.3, -0.25) is 0 Å². The van der Waals surface area contributed by atoms with E-state index in [2.05, 4.69) is 17.1 Å². The van der Waals surface area contributed by atoms with E-state index in [-0.39, 0.29) is 5.69 Å². The lowest BCUT2D eigenvalue weighted by Crippen LogP contribution is -2.04. The molecule has 7 nitrogen and oxygen atoms in total. The van der Waals surface area contributed by atoms with Gasteiger partial charge in [-0.1, -0.05) is 66.7 Å². The summed E-state index contributed by atoms with van der Waals surface area (Å²) in [7, 11) is 0. The van der Waals surface area contributed by atoms with Crippen LogP contribution in [-0.2, 0) is 6.42 Å². The lowest BCUT2D eigenvalue weighted by Gasteiger charge is -2.10. The van der Waals surface area contributed by atoms with E-state index < -0.39 is 5.97 Å². The van der Waals surface area contributed by atoms with Gasteiger partial charge in [0.2, 0.25) is 0 Å². The number of nitrogens with one attached hydrogen (secondary N) is 1. The van der Waals surface area contributed by atoms with Crippen molar-refractivity contribution in [1.29, 1.82) is 0 Å². The molecule has 0 atom stereocenters. The number of aromatic nitrogens is 3. The molecule has 4 aromatic carbocycles. The van der Waals surface area contributed by atoms with Gasteiger partial charge in [-0.25, -0.2) is 9.48 Å². The van der Waals surface area contributed by atoms with Crippen LogP contribution in [0.1, 0.15) is 33.9 Å². The summed E-state index contributed by atoms with van der Waals surface area (Å²) in [4.78, 5) is 15.5. The number of nitrogens with zero attached hydrogens (tertiary/aromatic N) is 2. The standard InChI is InChI=1S/C33H30N4O3/c1-20-30(21(2)37(36-20)28-17-6-5-16-27(28)34)26-14-8-13-24-25(32(33(38)39)35-31(24)26)15-9-19-40-29-18-7-11-22-10-3-4-12-23(22)29/h3-8,10-14,16-18,35H,9,15,19,34H2,1-2H3,(H,38,39). The molecule has 0 aliphatic rings. The summed E-state index contributed by atoms with van der Waals surface area (Å²) in [6.45, 7) is 4.44. The Kier molecular flexibility index (Phi) is 6.48. The molecule has 0 aliphatic heterocycles. The fraction of sp³-hybridized carbons (Fsp3) is 0.152. The van der Waals surface area contributed by atoms with Gasteiger partial charge < -0.3 is 20.6 Å². The van der Waals surface area contributed by atoms with Gasteiger partial charge in [0.25, 0.3) is 0 Å². The van der Waals surface area contributed by atoms with Crippen LogP contribution in [0.25, 0.3) is 38.5 Å². The van der Waals surface area contributed by atoms with Gasteiger partial charge in [0.15, 0.2) is 0 Å². The van der Waals surface area contributed by atoms with E-state index in [1.807, 2.05) is 91.3 Å². The van der Waals surface area contributed by atoms with Crippen LogP contribution in [0.3, 0.4) is 0 Å². The highest BCUT2D eigenvalue weighted by molar-refractivity contribution is 6.03. The third-order valence-corrected chi connectivity index (χ3v) is 7.46. The van der Waals surface area contributed by atoms with Crippen LogP contribution in [0.4, 0.5) is 5.69 Å². The van der Waals surface area contributed by atoms with Gasteiger partial charge in [-0.15, -0.1) is 0 Å². The van der Waals surface area contributed by atoms with Gasteiger partial charge in [-0.05, 0) is 55.8 Å². The van der Waals surface area contributed by atoms with E-state index >= 15 is 0 Å². The maximum absolute atomic E-state index is 12.3. The molecule has 40 heavy (non-hydrogen) atoms. The zero-order valence-corrected chi connectivity index (χ0v) is 22.4. The third-order valence-electron chi connectivity index (χ3n) is 7.46. The SMILES string of the molecule is Cc1nn(-c2ccccc2N)c(C)c1-c1cccc2c(CCCOc3cccc4ccccc34)c(C(=O)O)[nH]c12. The minimum Gasteiger partial charge on any atom is -0.493 e. The smallest absolute Gasteiger partial charge is 0.352 e. The predicted octanol–water partition coefficient (Wildman–Crippen LogP) is 7.08. The first kappa shape index (κ1) is 25.2. The van der Waals surface area contributed by atoms with Crippen LogP contribution in [-0.4, -0.2) is 32.4 Å². The van der Waals surface area contributed by atoms with Crippen LogP contribution in [0.15, 0.2) is 84.9 Å². The number of fused-ring (bicyclic) bond motifs is 2. The molecule has 0 bridgehead atoms. The summed E-state index contributed by atoms with van der Waals surface area (Å²) in [5.74, 6) is -0.145. The normalized spacial score (nSPS) is 11.3. The van der Waals surface area contributed by atoms with E-state index in [1.165, 1.54) is 0 Å². The Labute approximate surface area is 231 Å². The number of aromatic carboxylic acids is 1. The first-order valence-electron chi connectivity index (χ1n) is 13.3. The molecule has 0 saturated heterocycles. The molecule has 0 radical (unpaired) electrons. The number of benzene rings is 4. The van der Waals surface area contributed by atoms with E-state index in [4.69, 9.17) is 15.6 Å². The van der Waals surface area contributed by atoms with Crippen molar-refractivity contribution in [3.8, 4) is 22.6 Å². The van der Waals surface area contributed by atoms with Gasteiger partial charge in [0, 0.05) is 27.6 Å². The number of carboxylic acids is 1. The Morgan fingerprint density at radius 3 is 2.50 bits per heavy atom. The van der Waals surface area contributed by atoms with E-state index in [0.29, 0.717) is 25.1 Å². The van der Waals surface area contributed by atoms with Gasteiger partial charge in [0.1, 0.15) is 11.4 Å². The summed E-state index contributed by atoms with van der Waals surface area (Å²) < 4.78 is 7.98. The average molecular weight is 531 g/mol. The minimum atomic E-state index is -0.978. The second-order valence-electron chi connectivity index (χ2n) is 9.96.